The van der Waals surface area contributed by atoms with E-state index in [-0.39, 0.29) is 0 Å². The summed E-state index contributed by atoms with van der Waals surface area (Å²) in [5.74, 6) is 3.45. The van der Waals surface area contributed by atoms with E-state index in [1.165, 1.54) is 0 Å². The number of methoxy groups -OCH3 is 1. The van der Waals surface area contributed by atoms with Crippen molar-refractivity contribution in [2.24, 2.45) is 0 Å². The Hall–Kier alpha value is -1.27. The van der Waals surface area contributed by atoms with Gasteiger partial charge in [-0.15, -0.1) is 6.42 Å². The molecule has 0 fully saturated rings. The van der Waals surface area contributed by atoms with Gasteiger partial charge in [-0.2, -0.15) is 0 Å². The molecule has 0 atom stereocenters. The maximum Gasteiger partial charge on any atom is 0.115 e. The third-order valence-corrected chi connectivity index (χ3v) is 1.59. The van der Waals surface area contributed by atoms with Crippen molar-refractivity contribution in [1.29, 1.82) is 0 Å². The van der Waals surface area contributed by atoms with E-state index in [0.29, 0.717) is 6.61 Å². The van der Waals surface area contributed by atoms with Crippen molar-refractivity contribution in [2.75, 3.05) is 7.11 Å². The molecule has 1 aromatic rings. The fourth-order valence-corrected chi connectivity index (χ4v) is 0.991. The minimum Gasteiger partial charge on any atom is -0.378 e. The maximum atomic E-state index is 5.27. The highest BCUT2D eigenvalue weighted by Crippen LogP contribution is 2.06. The molecule has 0 bridgehead atoms. The first-order valence-electron chi connectivity index (χ1n) is 3.85. The highest BCUT2D eigenvalue weighted by Gasteiger charge is 2.05. The number of rotatable bonds is 3. The van der Waals surface area contributed by atoms with E-state index in [4.69, 9.17) is 11.2 Å². The van der Waals surface area contributed by atoms with Crippen LogP contribution in [0.4, 0.5) is 0 Å². The summed E-state index contributed by atoms with van der Waals surface area (Å²) in [6.45, 7) is 2.49. The van der Waals surface area contributed by atoms with Gasteiger partial charge in [-0.25, -0.2) is 4.98 Å². The minimum atomic E-state index is 0.468. The molecule has 0 saturated carbocycles. The fourth-order valence-electron chi connectivity index (χ4n) is 0.991. The minimum absolute atomic E-state index is 0.468. The van der Waals surface area contributed by atoms with Crippen LogP contribution in [0.3, 0.4) is 0 Å². The second-order valence-corrected chi connectivity index (χ2v) is 2.44. The van der Waals surface area contributed by atoms with Crippen LogP contribution in [0.1, 0.15) is 24.1 Å². The molecule has 0 aliphatic heterocycles. The number of hydrogen-bond acceptors (Lipinski definition) is 2. The van der Waals surface area contributed by atoms with Crippen molar-refractivity contribution in [3.8, 4) is 12.3 Å². The molecule has 64 valence electrons. The molecule has 12 heavy (non-hydrogen) atoms. The summed E-state index contributed by atoms with van der Waals surface area (Å²) in [4.78, 5) is 7.30. The molecule has 1 N–H and O–H groups in total. The van der Waals surface area contributed by atoms with Crippen LogP contribution in [0.2, 0.25) is 0 Å². The Morgan fingerprint density at radius 1 is 1.67 bits per heavy atom. The van der Waals surface area contributed by atoms with Crippen molar-refractivity contribution >= 4 is 0 Å². The number of aromatic amines is 1. The van der Waals surface area contributed by atoms with Crippen LogP contribution in [-0.4, -0.2) is 17.1 Å². The Labute approximate surface area is 72.2 Å². The van der Waals surface area contributed by atoms with Gasteiger partial charge in [-0.05, 0) is 0 Å². The third-order valence-electron chi connectivity index (χ3n) is 1.59. The first-order chi connectivity index (χ1) is 5.81. The quantitative estimate of drug-likeness (QED) is 0.679. The lowest BCUT2D eigenvalue weighted by molar-refractivity contribution is 0.181. The molecule has 1 rings (SSSR count). The summed E-state index contributed by atoms with van der Waals surface area (Å²) >= 11 is 0. The zero-order valence-electron chi connectivity index (χ0n) is 7.35. The largest absolute Gasteiger partial charge is 0.378 e. The van der Waals surface area contributed by atoms with Crippen LogP contribution in [0, 0.1) is 12.3 Å². The van der Waals surface area contributed by atoms with Crippen molar-refractivity contribution in [2.45, 2.75) is 20.0 Å². The van der Waals surface area contributed by atoms with Crippen LogP contribution in [0.5, 0.6) is 0 Å². The average molecular weight is 164 g/mol. The van der Waals surface area contributed by atoms with Crippen LogP contribution < -0.4 is 0 Å². The fraction of sp³-hybridized carbons (Fsp3) is 0.444. The van der Waals surface area contributed by atoms with Gasteiger partial charge in [0.05, 0.1) is 6.61 Å². The van der Waals surface area contributed by atoms with E-state index in [0.717, 1.165) is 23.6 Å². The first kappa shape index (κ1) is 8.82. The Morgan fingerprint density at radius 2 is 2.42 bits per heavy atom. The molecular formula is C9H12N2O. The molecule has 0 unspecified atom stereocenters. The predicted molar refractivity (Wildman–Crippen MR) is 46.6 cm³/mol. The van der Waals surface area contributed by atoms with Gasteiger partial charge in [0.1, 0.15) is 17.2 Å². The lowest BCUT2D eigenvalue weighted by atomic mass is 10.3. The normalized spacial score (nSPS) is 9.75. The van der Waals surface area contributed by atoms with E-state index >= 15 is 0 Å². The molecule has 0 radical (unpaired) electrons. The summed E-state index contributed by atoms with van der Waals surface area (Å²) in [6, 6.07) is 0. The molecule has 1 aromatic heterocycles. The third kappa shape index (κ3) is 1.66. The van der Waals surface area contributed by atoms with Crippen molar-refractivity contribution in [3.63, 3.8) is 0 Å². The van der Waals surface area contributed by atoms with E-state index in [9.17, 15) is 0 Å². The van der Waals surface area contributed by atoms with Crippen LogP contribution in [0.15, 0.2) is 0 Å². The van der Waals surface area contributed by atoms with E-state index in [1.54, 1.807) is 7.11 Å². The van der Waals surface area contributed by atoms with E-state index < -0.39 is 0 Å². The van der Waals surface area contributed by atoms with Crippen molar-refractivity contribution in [1.82, 2.24) is 9.97 Å². The number of H-pyrrole nitrogens is 1. The SMILES string of the molecule is C#Cc1[nH]c(CC)nc1COC. The zero-order chi connectivity index (χ0) is 8.97. The van der Waals surface area contributed by atoms with Crippen molar-refractivity contribution in [3.05, 3.63) is 17.2 Å². The van der Waals surface area contributed by atoms with Gasteiger partial charge in [0, 0.05) is 13.5 Å². The molecule has 0 saturated heterocycles. The number of terminal acetylenes is 1. The van der Waals surface area contributed by atoms with Gasteiger partial charge in [-0.3, -0.25) is 0 Å². The number of hydrogen-bond donors (Lipinski definition) is 1. The Bertz CT molecular complexity index is 296. The van der Waals surface area contributed by atoms with E-state index in [2.05, 4.69) is 15.9 Å². The highest BCUT2D eigenvalue weighted by molar-refractivity contribution is 5.30. The number of aromatic nitrogens is 2. The molecule has 0 aromatic carbocycles. The van der Waals surface area contributed by atoms with Gasteiger partial charge in [0.15, 0.2) is 0 Å². The Kier molecular flexibility index (Phi) is 2.89. The number of nitrogens with one attached hydrogen (secondary N) is 1. The molecular weight excluding hydrogens is 152 g/mol. The molecule has 0 amide bonds. The van der Waals surface area contributed by atoms with Gasteiger partial charge in [0.25, 0.3) is 0 Å². The number of ether oxygens (including phenoxy) is 1. The zero-order valence-corrected chi connectivity index (χ0v) is 7.35. The summed E-state index contributed by atoms with van der Waals surface area (Å²) in [5.41, 5.74) is 1.55. The van der Waals surface area contributed by atoms with Crippen LogP contribution in [-0.2, 0) is 17.8 Å². The molecule has 1 heterocycles. The monoisotopic (exact) mass is 164 g/mol. The van der Waals surface area contributed by atoms with Gasteiger partial charge < -0.3 is 9.72 Å². The van der Waals surface area contributed by atoms with Crippen LogP contribution >= 0.6 is 0 Å². The second kappa shape index (κ2) is 3.93. The average Bonchev–Trinajstić information content (AvgIpc) is 2.48. The smallest absolute Gasteiger partial charge is 0.115 e. The summed E-state index contributed by atoms with van der Waals surface area (Å²) in [5, 5.41) is 0. The Balaban J connectivity index is 2.93. The number of aryl methyl sites for hydroxylation is 1. The number of imidazole rings is 1. The number of nitrogens with zero attached hydrogens (tertiary/aromatic N) is 1. The molecule has 3 heteroatoms. The summed E-state index contributed by atoms with van der Waals surface area (Å²) in [7, 11) is 1.63. The lowest BCUT2D eigenvalue weighted by Gasteiger charge is -1.92. The van der Waals surface area contributed by atoms with Crippen LogP contribution in [0.25, 0.3) is 0 Å². The first-order valence-corrected chi connectivity index (χ1v) is 3.85. The second-order valence-electron chi connectivity index (χ2n) is 2.44. The highest BCUT2D eigenvalue weighted by atomic mass is 16.5. The van der Waals surface area contributed by atoms with Crippen molar-refractivity contribution < 1.29 is 4.74 Å². The molecule has 0 aliphatic rings. The van der Waals surface area contributed by atoms with E-state index in [1.807, 2.05) is 6.92 Å². The van der Waals surface area contributed by atoms with Gasteiger partial charge in [-0.1, -0.05) is 12.8 Å². The molecule has 0 aliphatic carbocycles. The van der Waals surface area contributed by atoms with Gasteiger partial charge >= 0.3 is 0 Å². The maximum absolute atomic E-state index is 5.27. The molecule has 0 spiro atoms. The summed E-state index contributed by atoms with van der Waals surface area (Å²) in [6.07, 6.45) is 6.13. The van der Waals surface area contributed by atoms with Gasteiger partial charge in [0.2, 0.25) is 0 Å². The lowest BCUT2D eigenvalue weighted by Crippen LogP contribution is -1.90. The Morgan fingerprint density at radius 3 is 2.92 bits per heavy atom. The summed E-state index contributed by atoms with van der Waals surface area (Å²) < 4.78 is 4.95. The predicted octanol–water partition coefficient (Wildman–Crippen LogP) is 1.10. The topological polar surface area (TPSA) is 37.9 Å². The standard InChI is InChI=1S/C9H12N2O/c1-4-7-8(6-12-3)11-9(5-2)10-7/h1H,5-6H2,2-3H3,(H,10,11). The molecule has 3 nitrogen and oxygen atoms in total.